The van der Waals surface area contributed by atoms with Gasteiger partial charge in [-0.2, -0.15) is 5.10 Å². The van der Waals surface area contributed by atoms with Crippen molar-refractivity contribution in [3.05, 3.63) is 0 Å². The van der Waals surface area contributed by atoms with Crippen LogP contribution in [0.15, 0.2) is 5.10 Å². The lowest BCUT2D eigenvalue weighted by Crippen LogP contribution is -2.28. The lowest BCUT2D eigenvalue weighted by atomic mass is 10.2. The van der Waals surface area contributed by atoms with Crippen molar-refractivity contribution >= 4 is 6.21 Å². The number of ether oxygens (including phenoxy) is 1. The van der Waals surface area contributed by atoms with E-state index in [1.807, 2.05) is 6.21 Å². The van der Waals surface area contributed by atoms with Crippen molar-refractivity contribution in [2.75, 3.05) is 20.3 Å². The van der Waals surface area contributed by atoms with Crippen molar-refractivity contribution < 1.29 is 4.74 Å². The van der Waals surface area contributed by atoms with Gasteiger partial charge < -0.3 is 4.74 Å². The van der Waals surface area contributed by atoms with E-state index in [-0.39, 0.29) is 0 Å². The highest BCUT2D eigenvalue weighted by atomic mass is 16.5. The normalized spacial score (nSPS) is 24.2. The van der Waals surface area contributed by atoms with E-state index in [1.165, 1.54) is 12.8 Å². The van der Waals surface area contributed by atoms with Gasteiger partial charge in [0, 0.05) is 19.9 Å². The Morgan fingerprint density at radius 1 is 1.67 bits per heavy atom. The Bertz CT molecular complexity index is 147. The SMILES string of the molecule is CCC=NN1CCCC1COC. The van der Waals surface area contributed by atoms with Crippen LogP contribution < -0.4 is 0 Å². The highest BCUT2D eigenvalue weighted by Crippen LogP contribution is 2.16. The minimum Gasteiger partial charge on any atom is -0.382 e. The molecule has 1 rings (SSSR count). The first-order valence-electron chi connectivity index (χ1n) is 4.66. The topological polar surface area (TPSA) is 24.8 Å². The number of nitrogens with zero attached hydrogens (tertiary/aromatic N) is 2. The van der Waals surface area contributed by atoms with Crippen molar-refractivity contribution in [3.63, 3.8) is 0 Å². The second-order valence-corrected chi connectivity index (χ2v) is 3.12. The Hall–Kier alpha value is -0.570. The van der Waals surface area contributed by atoms with Crippen LogP contribution in [-0.2, 0) is 4.74 Å². The molecular weight excluding hydrogens is 152 g/mol. The van der Waals surface area contributed by atoms with E-state index in [2.05, 4.69) is 17.0 Å². The van der Waals surface area contributed by atoms with Gasteiger partial charge in [0.25, 0.3) is 0 Å². The minimum atomic E-state index is 0.512. The fourth-order valence-electron chi connectivity index (χ4n) is 1.52. The predicted molar refractivity (Wildman–Crippen MR) is 50.4 cm³/mol. The molecular formula is C9H18N2O. The number of rotatable bonds is 4. The van der Waals surface area contributed by atoms with E-state index >= 15 is 0 Å². The van der Waals surface area contributed by atoms with E-state index in [0.717, 1.165) is 19.6 Å². The molecule has 1 heterocycles. The summed E-state index contributed by atoms with van der Waals surface area (Å²) < 4.78 is 5.12. The lowest BCUT2D eigenvalue weighted by Gasteiger charge is -2.20. The molecule has 0 aliphatic carbocycles. The zero-order valence-corrected chi connectivity index (χ0v) is 7.99. The maximum Gasteiger partial charge on any atom is 0.0704 e. The Kier molecular flexibility index (Phi) is 4.08. The van der Waals surface area contributed by atoms with E-state index in [4.69, 9.17) is 4.74 Å². The molecule has 0 aromatic heterocycles. The maximum absolute atomic E-state index is 5.12. The number of methoxy groups -OCH3 is 1. The van der Waals surface area contributed by atoms with Crippen LogP contribution >= 0.6 is 0 Å². The van der Waals surface area contributed by atoms with Gasteiger partial charge >= 0.3 is 0 Å². The van der Waals surface area contributed by atoms with Crippen LogP contribution in [0.5, 0.6) is 0 Å². The molecule has 0 radical (unpaired) electrons. The quantitative estimate of drug-likeness (QED) is 0.597. The van der Waals surface area contributed by atoms with Crippen molar-refractivity contribution in [1.82, 2.24) is 5.01 Å². The zero-order valence-electron chi connectivity index (χ0n) is 7.99. The molecule has 0 amide bonds. The van der Waals surface area contributed by atoms with Gasteiger partial charge in [-0.15, -0.1) is 0 Å². The molecule has 0 bridgehead atoms. The van der Waals surface area contributed by atoms with Crippen LogP contribution in [-0.4, -0.2) is 37.5 Å². The summed E-state index contributed by atoms with van der Waals surface area (Å²) in [5, 5.41) is 6.52. The summed E-state index contributed by atoms with van der Waals surface area (Å²) in [6.07, 6.45) is 5.44. The molecule has 1 aliphatic heterocycles. The average molecular weight is 170 g/mol. The monoisotopic (exact) mass is 170 g/mol. The maximum atomic E-state index is 5.12. The molecule has 0 N–H and O–H groups in total. The summed E-state index contributed by atoms with van der Waals surface area (Å²) in [5.74, 6) is 0. The van der Waals surface area contributed by atoms with Crippen LogP contribution in [0.3, 0.4) is 0 Å². The number of hydrazone groups is 1. The van der Waals surface area contributed by atoms with E-state index in [9.17, 15) is 0 Å². The third-order valence-electron chi connectivity index (χ3n) is 2.12. The number of hydrogen-bond donors (Lipinski definition) is 0. The summed E-state index contributed by atoms with van der Waals surface area (Å²) in [6.45, 7) is 4.00. The van der Waals surface area contributed by atoms with Crippen LogP contribution in [0, 0.1) is 0 Å². The summed E-state index contributed by atoms with van der Waals surface area (Å²) in [4.78, 5) is 0. The van der Waals surface area contributed by atoms with Gasteiger partial charge in [-0.1, -0.05) is 6.92 Å². The first-order chi connectivity index (χ1) is 5.88. The molecule has 3 heteroatoms. The van der Waals surface area contributed by atoms with Crippen LogP contribution in [0.1, 0.15) is 26.2 Å². The summed E-state index contributed by atoms with van der Waals surface area (Å²) in [7, 11) is 1.75. The fourth-order valence-corrected chi connectivity index (χ4v) is 1.52. The first kappa shape index (κ1) is 9.52. The second kappa shape index (κ2) is 5.14. The Morgan fingerprint density at radius 3 is 3.17 bits per heavy atom. The highest BCUT2D eigenvalue weighted by molar-refractivity contribution is 5.56. The molecule has 12 heavy (non-hydrogen) atoms. The summed E-state index contributed by atoms with van der Waals surface area (Å²) in [6, 6.07) is 0.512. The van der Waals surface area contributed by atoms with Gasteiger partial charge in [-0.05, 0) is 19.3 Å². The van der Waals surface area contributed by atoms with Gasteiger partial charge in [-0.25, -0.2) is 0 Å². The minimum absolute atomic E-state index is 0.512. The summed E-state index contributed by atoms with van der Waals surface area (Å²) in [5.41, 5.74) is 0. The average Bonchev–Trinajstić information content (AvgIpc) is 2.50. The van der Waals surface area contributed by atoms with Gasteiger partial charge in [0.05, 0.1) is 12.6 Å². The van der Waals surface area contributed by atoms with Crippen LogP contribution in [0.4, 0.5) is 0 Å². The van der Waals surface area contributed by atoms with E-state index < -0.39 is 0 Å². The van der Waals surface area contributed by atoms with Crippen molar-refractivity contribution in [2.24, 2.45) is 5.10 Å². The van der Waals surface area contributed by atoms with Crippen molar-refractivity contribution in [3.8, 4) is 0 Å². The largest absolute Gasteiger partial charge is 0.382 e. The molecule has 3 nitrogen and oxygen atoms in total. The molecule has 0 spiro atoms. The van der Waals surface area contributed by atoms with Gasteiger partial charge in [0.15, 0.2) is 0 Å². The smallest absolute Gasteiger partial charge is 0.0704 e. The molecule has 0 aromatic rings. The van der Waals surface area contributed by atoms with E-state index in [1.54, 1.807) is 7.11 Å². The molecule has 1 atom stereocenters. The van der Waals surface area contributed by atoms with Gasteiger partial charge in [0.2, 0.25) is 0 Å². The van der Waals surface area contributed by atoms with Crippen LogP contribution in [0.25, 0.3) is 0 Å². The van der Waals surface area contributed by atoms with E-state index in [0.29, 0.717) is 6.04 Å². The van der Waals surface area contributed by atoms with Crippen molar-refractivity contribution in [1.29, 1.82) is 0 Å². The Balaban J connectivity index is 2.35. The standard InChI is InChI=1S/C9H18N2O/c1-3-6-10-11-7-4-5-9(11)8-12-2/h6,9H,3-5,7-8H2,1-2H3. The van der Waals surface area contributed by atoms with Gasteiger partial charge in [-0.3, -0.25) is 5.01 Å². The molecule has 1 unspecified atom stereocenters. The summed E-state index contributed by atoms with van der Waals surface area (Å²) >= 11 is 0. The molecule has 1 aliphatic rings. The van der Waals surface area contributed by atoms with Crippen LogP contribution in [0.2, 0.25) is 0 Å². The first-order valence-corrected chi connectivity index (χ1v) is 4.66. The predicted octanol–water partition coefficient (Wildman–Crippen LogP) is 1.49. The molecule has 70 valence electrons. The highest BCUT2D eigenvalue weighted by Gasteiger charge is 2.22. The van der Waals surface area contributed by atoms with Gasteiger partial charge in [0.1, 0.15) is 0 Å². The second-order valence-electron chi connectivity index (χ2n) is 3.12. The molecule has 1 fully saturated rings. The third kappa shape index (κ3) is 2.48. The lowest BCUT2D eigenvalue weighted by molar-refractivity contribution is 0.118. The third-order valence-corrected chi connectivity index (χ3v) is 2.12. The molecule has 1 saturated heterocycles. The fraction of sp³-hybridized carbons (Fsp3) is 0.889. The zero-order chi connectivity index (χ0) is 8.81. The Morgan fingerprint density at radius 2 is 2.50 bits per heavy atom. The Labute approximate surface area is 74.4 Å². The molecule has 0 saturated carbocycles. The molecule has 0 aromatic carbocycles. The number of hydrogen-bond acceptors (Lipinski definition) is 3. The van der Waals surface area contributed by atoms with Crippen molar-refractivity contribution in [2.45, 2.75) is 32.2 Å².